The lowest BCUT2D eigenvalue weighted by atomic mass is 10.3. The summed E-state index contributed by atoms with van der Waals surface area (Å²) < 4.78 is 6.06. The number of carbonyl (C=O) groups is 1. The first-order valence-electron chi connectivity index (χ1n) is 7.82. The maximum Gasteiger partial charge on any atom is 0.317 e. The highest BCUT2D eigenvalue weighted by Gasteiger charge is 2.28. The molecule has 8 heteroatoms. The molecule has 0 radical (unpaired) electrons. The van der Waals surface area contributed by atoms with Crippen LogP contribution in [0.5, 0.6) is 5.75 Å². The number of anilines is 1. The Morgan fingerprint density at radius 1 is 1.50 bits per heavy atom. The number of carbonyl (C=O) groups excluding carboxylic acids is 1. The lowest BCUT2D eigenvalue weighted by Crippen LogP contribution is -2.39. The van der Waals surface area contributed by atoms with Crippen LogP contribution in [0.25, 0.3) is 0 Å². The molecule has 1 saturated heterocycles. The highest BCUT2D eigenvalue weighted by Crippen LogP contribution is 2.26. The van der Waals surface area contributed by atoms with E-state index in [2.05, 4.69) is 15.3 Å². The topological polar surface area (TPSA) is 70.6 Å². The zero-order valence-electron chi connectivity index (χ0n) is 13.8. The van der Waals surface area contributed by atoms with Gasteiger partial charge < -0.3 is 19.9 Å². The fourth-order valence-corrected chi connectivity index (χ4v) is 3.16. The molecule has 24 heavy (non-hydrogen) atoms. The summed E-state index contributed by atoms with van der Waals surface area (Å²) >= 11 is 1.52. The fraction of sp³-hybridized carbons (Fsp3) is 0.438. The first kappa shape index (κ1) is 16.5. The summed E-state index contributed by atoms with van der Waals surface area (Å²) in [6, 6.07) is 3.69. The lowest BCUT2D eigenvalue weighted by Gasteiger charge is -2.20. The standard InChI is InChI=1S/C16H21N5O2S/c1-20(2)15-14(4-3-6-17-15)23-13-5-7-21(9-13)16(22)18-8-12-10-24-11-19-12/h3-4,6,10-11,13H,5,7-9H2,1-2H3,(H,18,22)/t13-/m1/s1. The number of likely N-dealkylation sites (tertiary alicyclic amines) is 1. The van der Waals surface area contributed by atoms with Crippen LogP contribution in [-0.4, -0.2) is 54.2 Å². The molecule has 1 fully saturated rings. The Hall–Kier alpha value is -2.35. The molecule has 2 aromatic heterocycles. The van der Waals surface area contributed by atoms with Gasteiger partial charge in [-0.2, -0.15) is 0 Å². The van der Waals surface area contributed by atoms with Crippen molar-refractivity contribution in [1.82, 2.24) is 20.2 Å². The van der Waals surface area contributed by atoms with Crippen molar-refractivity contribution in [2.45, 2.75) is 19.1 Å². The van der Waals surface area contributed by atoms with Crippen LogP contribution in [0.1, 0.15) is 12.1 Å². The summed E-state index contributed by atoms with van der Waals surface area (Å²) in [5, 5.41) is 4.83. The van der Waals surface area contributed by atoms with Crippen LogP contribution in [0.2, 0.25) is 0 Å². The quantitative estimate of drug-likeness (QED) is 0.895. The van der Waals surface area contributed by atoms with Crippen molar-refractivity contribution in [3.8, 4) is 5.75 Å². The van der Waals surface area contributed by atoms with Crippen LogP contribution < -0.4 is 15.0 Å². The minimum atomic E-state index is -0.0758. The number of hydrogen-bond donors (Lipinski definition) is 1. The minimum absolute atomic E-state index is 0.0158. The minimum Gasteiger partial charge on any atom is -0.485 e. The summed E-state index contributed by atoms with van der Waals surface area (Å²) in [4.78, 5) is 24.4. The maximum atomic E-state index is 12.2. The number of nitrogens with one attached hydrogen (secondary N) is 1. The van der Waals surface area contributed by atoms with E-state index >= 15 is 0 Å². The Balaban J connectivity index is 1.53. The largest absolute Gasteiger partial charge is 0.485 e. The van der Waals surface area contributed by atoms with Crippen LogP contribution in [0, 0.1) is 0 Å². The van der Waals surface area contributed by atoms with Crippen molar-refractivity contribution in [2.75, 3.05) is 32.1 Å². The molecule has 1 aliphatic heterocycles. The summed E-state index contributed by atoms with van der Waals surface area (Å²) in [5.41, 5.74) is 2.64. The highest BCUT2D eigenvalue weighted by molar-refractivity contribution is 7.07. The zero-order chi connectivity index (χ0) is 16.9. The van der Waals surface area contributed by atoms with Crippen LogP contribution in [0.15, 0.2) is 29.2 Å². The van der Waals surface area contributed by atoms with Crippen molar-refractivity contribution in [1.29, 1.82) is 0 Å². The molecule has 3 rings (SSSR count). The van der Waals surface area contributed by atoms with Gasteiger partial charge in [0, 0.05) is 38.6 Å². The normalized spacial score (nSPS) is 16.9. The van der Waals surface area contributed by atoms with E-state index in [-0.39, 0.29) is 12.1 Å². The van der Waals surface area contributed by atoms with E-state index in [1.54, 1.807) is 16.6 Å². The summed E-state index contributed by atoms with van der Waals surface area (Å²) in [6.07, 6.45) is 2.54. The first-order valence-corrected chi connectivity index (χ1v) is 8.76. The molecule has 1 atom stereocenters. The summed E-state index contributed by atoms with van der Waals surface area (Å²) in [7, 11) is 3.87. The van der Waals surface area contributed by atoms with E-state index in [0.29, 0.717) is 19.6 Å². The number of thiazole rings is 1. The summed E-state index contributed by atoms with van der Waals surface area (Å²) in [6.45, 7) is 1.72. The number of hydrogen-bond acceptors (Lipinski definition) is 6. The van der Waals surface area contributed by atoms with E-state index in [1.807, 2.05) is 36.5 Å². The number of ether oxygens (including phenoxy) is 1. The van der Waals surface area contributed by atoms with Crippen molar-refractivity contribution in [2.24, 2.45) is 0 Å². The Morgan fingerprint density at radius 2 is 2.38 bits per heavy atom. The van der Waals surface area contributed by atoms with Gasteiger partial charge in [-0.05, 0) is 12.1 Å². The Bertz CT molecular complexity index is 677. The molecular formula is C16H21N5O2S. The molecular weight excluding hydrogens is 326 g/mol. The highest BCUT2D eigenvalue weighted by atomic mass is 32.1. The molecule has 7 nitrogen and oxygen atoms in total. The van der Waals surface area contributed by atoms with Gasteiger partial charge in [-0.15, -0.1) is 11.3 Å². The molecule has 0 aromatic carbocycles. The number of amides is 2. The van der Waals surface area contributed by atoms with Gasteiger partial charge in [-0.25, -0.2) is 14.8 Å². The molecule has 0 unspecified atom stereocenters. The number of pyridine rings is 1. The van der Waals surface area contributed by atoms with Crippen molar-refractivity contribution in [3.63, 3.8) is 0 Å². The van der Waals surface area contributed by atoms with E-state index in [4.69, 9.17) is 4.74 Å². The Morgan fingerprint density at radius 3 is 3.12 bits per heavy atom. The average Bonchev–Trinajstić information content (AvgIpc) is 3.24. The third kappa shape index (κ3) is 3.94. The molecule has 0 bridgehead atoms. The third-order valence-corrected chi connectivity index (χ3v) is 4.44. The van der Waals surface area contributed by atoms with Crippen molar-refractivity contribution >= 4 is 23.2 Å². The van der Waals surface area contributed by atoms with Gasteiger partial charge in [0.1, 0.15) is 6.10 Å². The molecule has 1 aliphatic rings. The van der Waals surface area contributed by atoms with Gasteiger partial charge in [0.15, 0.2) is 11.6 Å². The van der Waals surface area contributed by atoms with Gasteiger partial charge in [-0.1, -0.05) is 0 Å². The van der Waals surface area contributed by atoms with Crippen LogP contribution in [0.3, 0.4) is 0 Å². The lowest BCUT2D eigenvalue weighted by molar-refractivity contribution is 0.186. The van der Waals surface area contributed by atoms with Gasteiger partial charge >= 0.3 is 6.03 Å². The van der Waals surface area contributed by atoms with Gasteiger partial charge in [-0.3, -0.25) is 0 Å². The molecule has 0 aliphatic carbocycles. The second kappa shape index (κ2) is 7.48. The second-order valence-corrected chi connectivity index (χ2v) is 6.55. The molecule has 128 valence electrons. The smallest absolute Gasteiger partial charge is 0.317 e. The zero-order valence-corrected chi connectivity index (χ0v) is 14.6. The Kier molecular flexibility index (Phi) is 5.14. The van der Waals surface area contributed by atoms with Gasteiger partial charge in [0.25, 0.3) is 0 Å². The number of nitrogens with zero attached hydrogens (tertiary/aromatic N) is 4. The molecule has 0 spiro atoms. The SMILES string of the molecule is CN(C)c1ncccc1O[C@@H]1CCN(C(=O)NCc2cscn2)C1. The Labute approximate surface area is 145 Å². The first-order chi connectivity index (χ1) is 11.6. The number of rotatable bonds is 5. The number of aromatic nitrogens is 2. The average molecular weight is 347 g/mol. The van der Waals surface area contributed by atoms with Gasteiger partial charge in [0.05, 0.1) is 24.3 Å². The van der Waals surface area contributed by atoms with E-state index in [9.17, 15) is 4.79 Å². The third-order valence-electron chi connectivity index (χ3n) is 3.80. The molecule has 3 heterocycles. The van der Waals surface area contributed by atoms with E-state index in [1.165, 1.54) is 11.3 Å². The monoisotopic (exact) mass is 347 g/mol. The molecule has 1 N–H and O–H groups in total. The van der Waals surface area contributed by atoms with Crippen LogP contribution in [-0.2, 0) is 6.54 Å². The number of urea groups is 1. The van der Waals surface area contributed by atoms with E-state index < -0.39 is 0 Å². The molecule has 0 saturated carbocycles. The van der Waals surface area contributed by atoms with Crippen molar-refractivity contribution in [3.05, 3.63) is 34.9 Å². The molecule has 2 aromatic rings. The van der Waals surface area contributed by atoms with Crippen molar-refractivity contribution < 1.29 is 9.53 Å². The fourth-order valence-electron chi connectivity index (χ4n) is 2.60. The second-order valence-electron chi connectivity index (χ2n) is 5.83. The molecule has 2 amide bonds. The van der Waals surface area contributed by atoms with Crippen LogP contribution in [0.4, 0.5) is 10.6 Å². The predicted molar refractivity (Wildman–Crippen MR) is 93.5 cm³/mol. The maximum absolute atomic E-state index is 12.2. The van der Waals surface area contributed by atoms with Crippen LogP contribution >= 0.6 is 11.3 Å². The van der Waals surface area contributed by atoms with E-state index in [0.717, 1.165) is 23.7 Å². The predicted octanol–water partition coefficient (Wildman–Crippen LogP) is 1.97. The van der Waals surface area contributed by atoms with Gasteiger partial charge in [0.2, 0.25) is 0 Å². The summed E-state index contributed by atoms with van der Waals surface area (Å²) in [5.74, 6) is 1.54.